The number of likely N-dealkylation sites (N-methyl/N-ethyl adjacent to an activating group) is 1. The molecule has 0 radical (unpaired) electrons. The van der Waals surface area contributed by atoms with Gasteiger partial charge in [0.2, 0.25) is 5.91 Å². The second-order valence-electron chi connectivity index (χ2n) is 5.64. The summed E-state index contributed by atoms with van der Waals surface area (Å²) in [6, 6.07) is 5.82. The third-order valence-corrected chi connectivity index (χ3v) is 3.74. The monoisotopic (exact) mass is 431 g/mol. The van der Waals surface area contributed by atoms with Crippen LogP contribution >= 0.6 is 24.0 Å². The summed E-state index contributed by atoms with van der Waals surface area (Å²) in [7, 11) is 3.53. The summed E-state index contributed by atoms with van der Waals surface area (Å²) in [5.41, 5.74) is 0.997. The molecule has 0 aliphatic heterocycles. The number of rotatable bonds is 7. The van der Waals surface area contributed by atoms with Crippen molar-refractivity contribution < 1.29 is 4.79 Å². The summed E-state index contributed by atoms with van der Waals surface area (Å²) in [6.07, 6.45) is 5.12. The van der Waals surface area contributed by atoms with Crippen LogP contribution in [-0.2, 0) is 11.2 Å². The Bertz CT molecular complexity index is 504. The highest BCUT2D eigenvalue weighted by Crippen LogP contribution is 2.27. The average molecular weight is 431 g/mol. The highest BCUT2D eigenvalue weighted by atomic mass is 127. The summed E-state index contributed by atoms with van der Waals surface area (Å²) in [5.74, 6) is 1.51. The number of hydrogen-bond acceptors (Lipinski definition) is 3. The van der Waals surface area contributed by atoms with E-state index in [4.69, 9.17) is 0 Å². The first-order valence-electron chi connectivity index (χ1n) is 7.77. The molecule has 1 aliphatic carbocycles. The fraction of sp³-hybridized carbons (Fsp3) is 0.562. The lowest BCUT2D eigenvalue weighted by molar-refractivity contribution is -0.128. The molecule has 0 saturated heterocycles. The third-order valence-electron chi connectivity index (χ3n) is 3.74. The largest absolute Gasteiger partial charge is 0.356 e. The van der Waals surface area contributed by atoms with Crippen LogP contribution in [0.2, 0.25) is 0 Å². The quantitative estimate of drug-likeness (QED) is 0.388. The maximum atomic E-state index is 12.1. The Morgan fingerprint density at radius 1 is 1.39 bits per heavy atom. The van der Waals surface area contributed by atoms with Crippen molar-refractivity contribution in [3.63, 3.8) is 0 Å². The normalized spacial score (nSPS) is 13.9. The molecule has 1 amide bonds. The van der Waals surface area contributed by atoms with Crippen LogP contribution in [0.25, 0.3) is 0 Å². The first-order chi connectivity index (χ1) is 10.7. The van der Waals surface area contributed by atoms with Gasteiger partial charge in [0, 0.05) is 45.5 Å². The lowest BCUT2D eigenvalue weighted by Gasteiger charge is -2.18. The van der Waals surface area contributed by atoms with Crippen LogP contribution in [0.15, 0.2) is 29.4 Å². The standard InChI is InChI=1S/C16H25N5O.HI/c1-17-16(19-11-13-6-7-13)20-12-15(22)21(2)10-8-14-5-3-4-9-18-14;/h3-5,9,13H,6-8,10-12H2,1-2H3,(H2,17,19,20);1H. The van der Waals surface area contributed by atoms with E-state index < -0.39 is 0 Å². The van der Waals surface area contributed by atoms with Crippen LogP contribution in [0, 0.1) is 5.92 Å². The zero-order chi connectivity index (χ0) is 15.8. The van der Waals surface area contributed by atoms with Gasteiger partial charge in [0.1, 0.15) is 0 Å². The van der Waals surface area contributed by atoms with Gasteiger partial charge in [-0.3, -0.25) is 14.8 Å². The molecule has 0 aromatic carbocycles. The number of amides is 1. The summed E-state index contributed by atoms with van der Waals surface area (Å²) in [5, 5.41) is 6.31. The fourth-order valence-electron chi connectivity index (χ4n) is 2.03. The minimum absolute atomic E-state index is 0. The van der Waals surface area contributed by atoms with Gasteiger partial charge in [-0.05, 0) is 30.9 Å². The van der Waals surface area contributed by atoms with Gasteiger partial charge in [0.25, 0.3) is 0 Å². The van der Waals surface area contributed by atoms with E-state index in [1.807, 2.05) is 25.2 Å². The number of aliphatic imine (C=N–C) groups is 1. The Kier molecular flexibility index (Phi) is 8.90. The number of halogens is 1. The second kappa shape index (κ2) is 10.4. The molecule has 2 N–H and O–H groups in total. The van der Waals surface area contributed by atoms with Crippen molar-refractivity contribution in [3.8, 4) is 0 Å². The van der Waals surface area contributed by atoms with Crippen molar-refractivity contribution in [2.75, 3.05) is 33.7 Å². The lowest BCUT2D eigenvalue weighted by Crippen LogP contribution is -2.44. The number of aromatic nitrogens is 1. The topological polar surface area (TPSA) is 69.6 Å². The molecular formula is C16H26IN5O. The molecule has 1 fully saturated rings. The molecule has 0 spiro atoms. The van der Waals surface area contributed by atoms with Gasteiger partial charge >= 0.3 is 0 Å². The molecule has 2 rings (SSSR count). The minimum Gasteiger partial charge on any atom is -0.356 e. The molecule has 1 heterocycles. The smallest absolute Gasteiger partial charge is 0.241 e. The Labute approximate surface area is 155 Å². The van der Waals surface area contributed by atoms with E-state index in [1.54, 1.807) is 18.1 Å². The number of carbonyl (C=O) groups is 1. The van der Waals surface area contributed by atoms with Crippen LogP contribution in [0.3, 0.4) is 0 Å². The van der Waals surface area contributed by atoms with Crippen LogP contribution in [0.1, 0.15) is 18.5 Å². The predicted octanol–water partition coefficient (Wildman–Crippen LogP) is 1.28. The van der Waals surface area contributed by atoms with E-state index in [2.05, 4.69) is 20.6 Å². The summed E-state index contributed by atoms with van der Waals surface area (Å²) in [4.78, 5) is 22.2. The number of pyridine rings is 1. The van der Waals surface area contributed by atoms with Gasteiger partial charge in [-0.15, -0.1) is 24.0 Å². The van der Waals surface area contributed by atoms with Crippen LogP contribution in [0.5, 0.6) is 0 Å². The highest BCUT2D eigenvalue weighted by Gasteiger charge is 2.21. The molecule has 128 valence electrons. The van der Waals surface area contributed by atoms with Gasteiger partial charge in [-0.25, -0.2) is 0 Å². The number of guanidine groups is 1. The summed E-state index contributed by atoms with van der Waals surface area (Å²) in [6.45, 7) is 1.85. The number of carbonyl (C=O) groups excluding carboxylic acids is 1. The van der Waals surface area contributed by atoms with E-state index in [-0.39, 0.29) is 36.4 Å². The first-order valence-corrected chi connectivity index (χ1v) is 7.77. The van der Waals surface area contributed by atoms with Gasteiger partial charge in [-0.2, -0.15) is 0 Å². The summed E-state index contributed by atoms with van der Waals surface area (Å²) < 4.78 is 0. The van der Waals surface area contributed by atoms with Crippen molar-refractivity contribution in [2.24, 2.45) is 10.9 Å². The minimum atomic E-state index is 0. The van der Waals surface area contributed by atoms with Gasteiger partial charge in [0.05, 0.1) is 6.54 Å². The van der Waals surface area contributed by atoms with Crippen molar-refractivity contribution >= 4 is 35.8 Å². The molecule has 23 heavy (non-hydrogen) atoms. The van der Waals surface area contributed by atoms with E-state index >= 15 is 0 Å². The second-order valence-corrected chi connectivity index (χ2v) is 5.64. The Morgan fingerprint density at radius 2 is 2.17 bits per heavy atom. The van der Waals surface area contributed by atoms with Gasteiger partial charge < -0.3 is 15.5 Å². The van der Waals surface area contributed by atoms with Crippen molar-refractivity contribution in [3.05, 3.63) is 30.1 Å². The number of nitrogens with one attached hydrogen (secondary N) is 2. The van der Waals surface area contributed by atoms with E-state index in [9.17, 15) is 4.79 Å². The molecular weight excluding hydrogens is 405 g/mol. The molecule has 1 aliphatic rings. The third kappa shape index (κ3) is 7.62. The first kappa shape index (κ1) is 19.7. The van der Waals surface area contributed by atoms with Crippen molar-refractivity contribution in [1.82, 2.24) is 20.5 Å². The summed E-state index contributed by atoms with van der Waals surface area (Å²) >= 11 is 0. The van der Waals surface area contributed by atoms with Crippen LogP contribution in [-0.4, -0.2) is 55.5 Å². The van der Waals surface area contributed by atoms with Crippen LogP contribution in [0.4, 0.5) is 0 Å². The van der Waals surface area contributed by atoms with E-state index in [1.165, 1.54) is 12.8 Å². The Hall–Kier alpha value is -1.38. The average Bonchev–Trinajstić information content (AvgIpc) is 3.37. The Morgan fingerprint density at radius 3 is 2.78 bits per heavy atom. The highest BCUT2D eigenvalue weighted by molar-refractivity contribution is 14.0. The SMILES string of the molecule is CN=C(NCC(=O)N(C)CCc1ccccn1)NCC1CC1.I. The van der Waals surface area contributed by atoms with Gasteiger partial charge in [0.15, 0.2) is 5.96 Å². The predicted molar refractivity (Wildman–Crippen MR) is 103 cm³/mol. The maximum absolute atomic E-state index is 12.1. The molecule has 7 heteroatoms. The molecule has 1 aromatic heterocycles. The maximum Gasteiger partial charge on any atom is 0.241 e. The molecule has 1 aromatic rings. The molecule has 1 saturated carbocycles. The van der Waals surface area contributed by atoms with E-state index in [0.717, 1.165) is 24.6 Å². The zero-order valence-electron chi connectivity index (χ0n) is 13.8. The van der Waals surface area contributed by atoms with Gasteiger partial charge in [-0.1, -0.05) is 6.07 Å². The van der Waals surface area contributed by atoms with Crippen LogP contribution < -0.4 is 10.6 Å². The lowest BCUT2D eigenvalue weighted by atomic mass is 10.2. The fourth-order valence-corrected chi connectivity index (χ4v) is 2.03. The Balaban J connectivity index is 0.00000264. The number of hydrogen-bond donors (Lipinski definition) is 2. The zero-order valence-corrected chi connectivity index (χ0v) is 16.1. The van der Waals surface area contributed by atoms with E-state index in [0.29, 0.717) is 12.5 Å². The molecule has 0 bridgehead atoms. The van der Waals surface area contributed by atoms with Crippen molar-refractivity contribution in [1.29, 1.82) is 0 Å². The molecule has 0 atom stereocenters. The molecule has 6 nitrogen and oxygen atoms in total. The van der Waals surface area contributed by atoms with Crippen molar-refractivity contribution in [2.45, 2.75) is 19.3 Å². The number of nitrogens with zero attached hydrogens (tertiary/aromatic N) is 3. The molecule has 0 unspecified atom stereocenters.